The zero-order valence-electron chi connectivity index (χ0n) is 10.2. The SMILES string of the molecule is Cc1cnc(Cl)nc1C1CCCc2cccnc21. The molecule has 2 aromatic rings. The molecule has 1 unspecified atom stereocenters. The summed E-state index contributed by atoms with van der Waals surface area (Å²) >= 11 is 5.92. The third-order valence-electron chi connectivity index (χ3n) is 3.51. The van der Waals surface area contributed by atoms with Crippen molar-refractivity contribution in [2.75, 3.05) is 0 Å². The number of hydrogen-bond acceptors (Lipinski definition) is 3. The van der Waals surface area contributed by atoms with E-state index in [1.165, 1.54) is 12.0 Å². The lowest BCUT2D eigenvalue weighted by atomic mass is 9.83. The highest BCUT2D eigenvalue weighted by Gasteiger charge is 2.25. The van der Waals surface area contributed by atoms with Crippen molar-refractivity contribution < 1.29 is 0 Å². The number of aryl methyl sites for hydroxylation is 2. The summed E-state index contributed by atoms with van der Waals surface area (Å²) in [5.41, 5.74) is 4.60. The Bertz CT molecular complexity index is 583. The Morgan fingerprint density at radius 1 is 1.28 bits per heavy atom. The Kier molecular flexibility index (Phi) is 3.00. The molecule has 4 heteroatoms. The van der Waals surface area contributed by atoms with E-state index in [0.29, 0.717) is 5.28 Å². The fourth-order valence-corrected chi connectivity index (χ4v) is 2.80. The average molecular weight is 260 g/mol. The smallest absolute Gasteiger partial charge is 0.222 e. The van der Waals surface area contributed by atoms with Crippen LogP contribution in [0, 0.1) is 6.92 Å². The van der Waals surface area contributed by atoms with Gasteiger partial charge in [0.1, 0.15) is 0 Å². The molecule has 0 aliphatic heterocycles. The Morgan fingerprint density at radius 2 is 2.17 bits per heavy atom. The molecule has 0 radical (unpaired) electrons. The van der Waals surface area contributed by atoms with E-state index in [0.717, 1.165) is 29.8 Å². The molecule has 1 aliphatic rings. The van der Waals surface area contributed by atoms with Gasteiger partial charge in [0.05, 0.1) is 11.4 Å². The summed E-state index contributed by atoms with van der Waals surface area (Å²) in [6, 6.07) is 4.16. The van der Waals surface area contributed by atoms with E-state index in [4.69, 9.17) is 11.6 Å². The minimum Gasteiger partial charge on any atom is -0.260 e. The van der Waals surface area contributed by atoms with Crippen LogP contribution in [0.2, 0.25) is 5.28 Å². The maximum Gasteiger partial charge on any atom is 0.222 e. The molecular weight excluding hydrogens is 246 g/mol. The van der Waals surface area contributed by atoms with Crippen molar-refractivity contribution in [1.82, 2.24) is 15.0 Å². The lowest BCUT2D eigenvalue weighted by Gasteiger charge is -2.24. The Balaban J connectivity index is 2.11. The van der Waals surface area contributed by atoms with Crippen molar-refractivity contribution >= 4 is 11.6 Å². The molecule has 0 saturated heterocycles. The topological polar surface area (TPSA) is 38.7 Å². The standard InChI is InChI=1S/C14H14ClN3/c1-9-8-17-14(15)18-12(9)11-6-2-4-10-5-3-7-16-13(10)11/h3,5,7-8,11H,2,4,6H2,1H3. The summed E-state index contributed by atoms with van der Waals surface area (Å²) in [7, 11) is 0. The largest absolute Gasteiger partial charge is 0.260 e. The molecule has 0 aromatic carbocycles. The highest BCUT2D eigenvalue weighted by Crippen LogP contribution is 2.35. The maximum absolute atomic E-state index is 5.92. The monoisotopic (exact) mass is 259 g/mol. The van der Waals surface area contributed by atoms with Gasteiger partial charge in [-0.15, -0.1) is 0 Å². The van der Waals surface area contributed by atoms with Gasteiger partial charge in [-0.1, -0.05) is 6.07 Å². The molecule has 18 heavy (non-hydrogen) atoms. The van der Waals surface area contributed by atoms with Gasteiger partial charge in [0.25, 0.3) is 0 Å². The Hall–Kier alpha value is -1.48. The minimum atomic E-state index is 0.260. The molecule has 2 aromatic heterocycles. The summed E-state index contributed by atoms with van der Waals surface area (Å²) in [4.78, 5) is 13.0. The van der Waals surface area contributed by atoms with Crippen LogP contribution in [-0.4, -0.2) is 15.0 Å². The van der Waals surface area contributed by atoms with E-state index in [-0.39, 0.29) is 5.92 Å². The fourth-order valence-electron chi connectivity index (χ4n) is 2.66. The summed E-state index contributed by atoms with van der Waals surface area (Å²) in [6.45, 7) is 2.03. The number of pyridine rings is 1. The quantitative estimate of drug-likeness (QED) is 0.738. The number of rotatable bonds is 1. The van der Waals surface area contributed by atoms with Crippen LogP contribution in [0.15, 0.2) is 24.5 Å². The van der Waals surface area contributed by atoms with E-state index in [1.54, 1.807) is 6.20 Å². The number of nitrogens with zero attached hydrogens (tertiary/aromatic N) is 3. The molecule has 0 spiro atoms. The molecule has 0 saturated carbocycles. The van der Waals surface area contributed by atoms with Crippen LogP contribution in [0.25, 0.3) is 0 Å². The van der Waals surface area contributed by atoms with Crippen molar-refractivity contribution in [1.29, 1.82) is 0 Å². The van der Waals surface area contributed by atoms with Gasteiger partial charge in [-0.25, -0.2) is 9.97 Å². The number of fused-ring (bicyclic) bond motifs is 1. The summed E-state index contributed by atoms with van der Waals surface area (Å²) < 4.78 is 0. The van der Waals surface area contributed by atoms with Gasteiger partial charge in [0, 0.05) is 18.3 Å². The minimum absolute atomic E-state index is 0.260. The average Bonchev–Trinajstić information content (AvgIpc) is 2.41. The second-order valence-electron chi connectivity index (χ2n) is 4.70. The number of halogens is 1. The molecule has 0 fully saturated rings. The molecule has 1 aliphatic carbocycles. The third-order valence-corrected chi connectivity index (χ3v) is 3.69. The molecule has 0 amide bonds. The van der Waals surface area contributed by atoms with Gasteiger partial charge in [0.2, 0.25) is 5.28 Å². The Morgan fingerprint density at radius 3 is 3.06 bits per heavy atom. The van der Waals surface area contributed by atoms with E-state index < -0.39 is 0 Å². The maximum atomic E-state index is 5.92. The molecule has 0 N–H and O–H groups in total. The van der Waals surface area contributed by atoms with Crippen LogP contribution < -0.4 is 0 Å². The zero-order valence-corrected chi connectivity index (χ0v) is 11.0. The van der Waals surface area contributed by atoms with Crippen molar-refractivity contribution in [3.63, 3.8) is 0 Å². The molecular formula is C14H14ClN3. The van der Waals surface area contributed by atoms with Gasteiger partial charge in [-0.05, 0) is 55.0 Å². The molecule has 3 rings (SSSR count). The van der Waals surface area contributed by atoms with Crippen LogP contribution in [0.5, 0.6) is 0 Å². The lowest BCUT2D eigenvalue weighted by Crippen LogP contribution is -2.15. The van der Waals surface area contributed by atoms with Gasteiger partial charge in [-0.3, -0.25) is 4.98 Å². The Labute approximate surface area is 111 Å². The molecule has 0 bridgehead atoms. The van der Waals surface area contributed by atoms with Crippen LogP contribution in [-0.2, 0) is 6.42 Å². The highest BCUT2D eigenvalue weighted by molar-refractivity contribution is 6.28. The van der Waals surface area contributed by atoms with Crippen molar-refractivity contribution in [2.24, 2.45) is 0 Å². The van der Waals surface area contributed by atoms with Gasteiger partial charge < -0.3 is 0 Å². The van der Waals surface area contributed by atoms with Crippen LogP contribution >= 0.6 is 11.6 Å². The lowest BCUT2D eigenvalue weighted by molar-refractivity contribution is 0.584. The van der Waals surface area contributed by atoms with Gasteiger partial charge >= 0.3 is 0 Å². The fraction of sp³-hybridized carbons (Fsp3) is 0.357. The first-order valence-electron chi connectivity index (χ1n) is 6.18. The molecule has 1 atom stereocenters. The zero-order chi connectivity index (χ0) is 12.5. The predicted molar refractivity (Wildman–Crippen MR) is 70.8 cm³/mol. The second-order valence-corrected chi connectivity index (χ2v) is 5.04. The van der Waals surface area contributed by atoms with Crippen molar-refractivity contribution in [3.05, 3.63) is 52.3 Å². The molecule has 92 valence electrons. The van der Waals surface area contributed by atoms with E-state index in [2.05, 4.69) is 21.0 Å². The first-order valence-corrected chi connectivity index (χ1v) is 6.56. The summed E-state index contributed by atoms with van der Waals surface area (Å²) in [6.07, 6.45) is 7.01. The highest BCUT2D eigenvalue weighted by atomic mass is 35.5. The normalized spacial score (nSPS) is 18.4. The molecule has 2 heterocycles. The first kappa shape index (κ1) is 11.6. The predicted octanol–water partition coefficient (Wildman–Crippen LogP) is 3.30. The summed E-state index contributed by atoms with van der Waals surface area (Å²) in [5, 5.41) is 0.318. The third kappa shape index (κ3) is 1.99. The van der Waals surface area contributed by atoms with Crippen LogP contribution in [0.1, 0.15) is 41.3 Å². The number of hydrogen-bond donors (Lipinski definition) is 0. The van der Waals surface area contributed by atoms with Crippen molar-refractivity contribution in [3.8, 4) is 0 Å². The van der Waals surface area contributed by atoms with E-state index >= 15 is 0 Å². The van der Waals surface area contributed by atoms with E-state index in [1.807, 2.05) is 19.2 Å². The molecule has 3 nitrogen and oxygen atoms in total. The van der Waals surface area contributed by atoms with Crippen LogP contribution in [0.3, 0.4) is 0 Å². The van der Waals surface area contributed by atoms with Crippen LogP contribution in [0.4, 0.5) is 0 Å². The van der Waals surface area contributed by atoms with Gasteiger partial charge in [0.15, 0.2) is 0 Å². The summed E-state index contributed by atoms with van der Waals surface area (Å²) in [5.74, 6) is 0.260. The first-order chi connectivity index (χ1) is 8.75. The van der Waals surface area contributed by atoms with E-state index in [9.17, 15) is 0 Å². The van der Waals surface area contributed by atoms with Crippen molar-refractivity contribution in [2.45, 2.75) is 32.1 Å². The number of aromatic nitrogens is 3. The van der Waals surface area contributed by atoms with Gasteiger partial charge in [-0.2, -0.15) is 0 Å². The second kappa shape index (κ2) is 4.65.